The molecule has 1 heterocycles. The van der Waals surface area contributed by atoms with Gasteiger partial charge in [0, 0.05) is 11.5 Å². The smallest absolute Gasteiger partial charge is 0.228 e. The van der Waals surface area contributed by atoms with E-state index in [1.54, 1.807) is 16.8 Å². The molecule has 110 valence electrons. The molecule has 0 spiro atoms. The average molecular weight is 324 g/mol. The molecular formula is C15H15Cl2N3O. The minimum absolute atomic E-state index is 0.0549. The van der Waals surface area contributed by atoms with Crippen LogP contribution in [-0.4, -0.2) is 15.7 Å². The number of aryl methyl sites for hydroxylation is 1. The molecule has 2 aromatic rings. The summed E-state index contributed by atoms with van der Waals surface area (Å²) in [7, 11) is 0. The van der Waals surface area contributed by atoms with Crippen molar-refractivity contribution in [3.63, 3.8) is 0 Å². The van der Waals surface area contributed by atoms with Crippen molar-refractivity contribution in [2.24, 2.45) is 5.92 Å². The van der Waals surface area contributed by atoms with Crippen molar-refractivity contribution in [1.29, 1.82) is 0 Å². The zero-order valence-corrected chi connectivity index (χ0v) is 13.3. The van der Waals surface area contributed by atoms with E-state index >= 15 is 0 Å². The second-order valence-corrected chi connectivity index (χ2v) is 6.15. The zero-order valence-electron chi connectivity index (χ0n) is 11.8. The molecule has 0 aliphatic heterocycles. The molecule has 1 aromatic heterocycles. The fourth-order valence-corrected chi connectivity index (χ4v) is 2.41. The molecule has 1 aliphatic carbocycles. The number of nitrogens with zero attached hydrogens (tertiary/aromatic N) is 2. The van der Waals surface area contributed by atoms with Gasteiger partial charge < -0.3 is 5.32 Å². The molecular weight excluding hydrogens is 309 g/mol. The van der Waals surface area contributed by atoms with E-state index < -0.39 is 0 Å². The summed E-state index contributed by atoms with van der Waals surface area (Å²) in [5.41, 5.74) is 2.59. The molecule has 1 fully saturated rings. The number of aromatic nitrogens is 2. The summed E-state index contributed by atoms with van der Waals surface area (Å²) in [5, 5.41) is 8.41. The minimum Gasteiger partial charge on any atom is -0.310 e. The lowest BCUT2D eigenvalue weighted by Crippen LogP contribution is -2.17. The van der Waals surface area contributed by atoms with Gasteiger partial charge >= 0.3 is 0 Å². The molecule has 0 bridgehead atoms. The van der Waals surface area contributed by atoms with Gasteiger partial charge in [0.1, 0.15) is 5.82 Å². The molecule has 1 aliphatic rings. The molecule has 1 aromatic carbocycles. The third kappa shape index (κ3) is 2.78. The Morgan fingerprint density at radius 1 is 1.29 bits per heavy atom. The van der Waals surface area contributed by atoms with Gasteiger partial charge in [0.15, 0.2) is 0 Å². The lowest BCUT2D eigenvalue weighted by molar-refractivity contribution is -0.117. The van der Waals surface area contributed by atoms with Crippen LogP contribution in [0.15, 0.2) is 18.2 Å². The average Bonchev–Trinajstić information content (AvgIpc) is 3.25. The molecule has 1 N–H and O–H groups in total. The van der Waals surface area contributed by atoms with Crippen molar-refractivity contribution >= 4 is 34.9 Å². The van der Waals surface area contributed by atoms with Crippen molar-refractivity contribution in [2.45, 2.75) is 26.7 Å². The minimum atomic E-state index is 0.0549. The molecule has 0 radical (unpaired) electrons. The largest absolute Gasteiger partial charge is 0.310 e. The summed E-state index contributed by atoms with van der Waals surface area (Å²) in [6.07, 6.45) is 1.93. The van der Waals surface area contributed by atoms with Crippen LogP contribution < -0.4 is 5.32 Å². The van der Waals surface area contributed by atoms with Gasteiger partial charge in [-0.25, -0.2) is 4.68 Å². The van der Waals surface area contributed by atoms with E-state index in [9.17, 15) is 4.79 Å². The van der Waals surface area contributed by atoms with E-state index in [4.69, 9.17) is 23.2 Å². The standard InChI is InChI=1S/C15H15Cl2N3O/c1-8-9(2)19-20(11-5-6-12(16)13(17)7-11)14(8)18-15(21)10-3-4-10/h5-7,10H,3-4H2,1-2H3,(H,18,21). The summed E-state index contributed by atoms with van der Waals surface area (Å²) >= 11 is 12.0. The van der Waals surface area contributed by atoms with Gasteiger partial charge in [-0.05, 0) is 44.9 Å². The second-order valence-electron chi connectivity index (χ2n) is 5.33. The lowest BCUT2D eigenvalue weighted by Gasteiger charge is -2.10. The summed E-state index contributed by atoms with van der Waals surface area (Å²) in [5.74, 6) is 0.893. The van der Waals surface area contributed by atoms with Gasteiger partial charge in [-0.1, -0.05) is 23.2 Å². The third-order valence-corrected chi connectivity index (χ3v) is 4.44. The Kier molecular flexibility index (Phi) is 3.68. The fourth-order valence-electron chi connectivity index (χ4n) is 2.12. The molecule has 1 amide bonds. The van der Waals surface area contributed by atoms with E-state index in [1.165, 1.54) is 0 Å². The Morgan fingerprint density at radius 3 is 2.62 bits per heavy atom. The van der Waals surface area contributed by atoms with E-state index in [0.29, 0.717) is 15.9 Å². The lowest BCUT2D eigenvalue weighted by atomic mass is 10.2. The van der Waals surface area contributed by atoms with E-state index in [-0.39, 0.29) is 11.8 Å². The first kappa shape index (κ1) is 14.4. The van der Waals surface area contributed by atoms with Gasteiger partial charge in [-0.2, -0.15) is 5.10 Å². The first-order valence-corrected chi connectivity index (χ1v) is 7.55. The maximum atomic E-state index is 12.0. The number of nitrogens with one attached hydrogen (secondary N) is 1. The molecule has 0 saturated heterocycles. The van der Waals surface area contributed by atoms with Crippen molar-refractivity contribution in [1.82, 2.24) is 9.78 Å². The highest BCUT2D eigenvalue weighted by Crippen LogP contribution is 2.32. The summed E-state index contributed by atoms with van der Waals surface area (Å²) in [4.78, 5) is 12.0. The van der Waals surface area contributed by atoms with E-state index in [2.05, 4.69) is 10.4 Å². The van der Waals surface area contributed by atoms with E-state index in [0.717, 1.165) is 29.8 Å². The Bertz CT molecular complexity index is 720. The van der Waals surface area contributed by atoms with Gasteiger partial charge in [-0.3, -0.25) is 4.79 Å². The van der Waals surface area contributed by atoms with E-state index in [1.807, 2.05) is 19.9 Å². The van der Waals surface area contributed by atoms with Crippen LogP contribution in [0.1, 0.15) is 24.1 Å². The predicted molar refractivity (Wildman–Crippen MR) is 84.4 cm³/mol. The second kappa shape index (κ2) is 5.35. The Labute approximate surface area is 133 Å². The summed E-state index contributed by atoms with van der Waals surface area (Å²) < 4.78 is 1.70. The molecule has 0 unspecified atom stereocenters. The highest BCUT2D eigenvalue weighted by atomic mass is 35.5. The number of carbonyl (C=O) groups excluding carboxylic acids is 1. The van der Waals surface area contributed by atoms with Crippen molar-refractivity contribution in [2.75, 3.05) is 5.32 Å². The normalized spacial score (nSPS) is 14.3. The molecule has 0 atom stereocenters. The zero-order chi connectivity index (χ0) is 15.1. The van der Waals surface area contributed by atoms with Crippen LogP contribution in [0.5, 0.6) is 0 Å². The fraction of sp³-hybridized carbons (Fsp3) is 0.333. The number of hydrogen-bond donors (Lipinski definition) is 1. The number of halogens is 2. The predicted octanol–water partition coefficient (Wildman–Crippen LogP) is 4.14. The van der Waals surface area contributed by atoms with Crippen LogP contribution in [0.3, 0.4) is 0 Å². The molecule has 3 rings (SSSR count). The Morgan fingerprint density at radius 2 is 2.00 bits per heavy atom. The maximum Gasteiger partial charge on any atom is 0.228 e. The van der Waals surface area contributed by atoms with Crippen LogP contribution in [0.2, 0.25) is 10.0 Å². The topological polar surface area (TPSA) is 46.9 Å². The summed E-state index contributed by atoms with van der Waals surface area (Å²) in [6.45, 7) is 3.86. The van der Waals surface area contributed by atoms with Crippen molar-refractivity contribution in [3.05, 3.63) is 39.5 Å². The third-order valence-electron chi connectivity index (χ3n) is 3.70. The molecule has 4 nitrogen and oxygen atoms in total. The number of hydrogen-bond acceptors (Lipinski definition) is 2. The highest BCUT2D eigenvalue weighted by Gasteiger charge is 2.31. The molecule has 21 heavy (non-hydrogen) atoms. The van der Waals surface area contributed by atoms with Gasteiger partial charge in [0.25, 0.3) is 0 Å². The van der Waals surface area contributed by atoms with Crippen LogP contribution >= 0.6 is 23.2 Å². The number of benzene rings is 1. The summed E-state index contributed by atoms with van der Waals surface area (Å²) in [6, 6.07) is 5.29. The van der Waals surface area contributed by atoms with Crippen LogP contribution in [0.4, 0.5) is 5.82 Å². The molecule has 6 heteroatoms. The monoisotopic (exact) mass is 323 g/mol. The quantitative estimate of drug-likeness (QED) is 0.922. The number of carbonyl (C=O) groups is 1. The first-order valence-electron chi connectivity index (χ1n) is 6.80. The SMILES string of the molecule is Cc1nn(-c2ccc(Cl)c(Cl)c2)c(NC(=O)C2CC2)c1C. The first-order chi connectivity index (χ1) is 9.97. The van der Waals surface area contributed by atoms with Crippen molar-refractivity contribution < 1.29 is 4.79 Å². The van der Waals surface area contributed by atoms with Crippen LogP contribution in [0.25, 0.3) is 5.69 Å². The highest BCUT2D eigenvalue weighted by molar-refractivity contribution is 6.42. The van der Waals surface area contributed by atoms with Gasteiger partial charge in [0.05, 0.1) is 21.4 Å². The van der Waals surface area contributed by atoms with Crippen LogP contribution in [0, 0.1) is 19.8 Å². The molecule has 1 saturated carbocycles. The Hall–Kier alpha value is -1.52. The van der Waals surface area contributed by atoms with Crippen molar-refractivity contribution in [3.8, 4) is 5.69 Å². The number of amides is 1. The van der Waals surface area contributed by atoms with Gasteiger partial charge in [-0.15, -0.1) is 0 Å². The maximum absolute atomic E-state index is 12.0. The number of rotatable bonds is 3. The van der Waals surface area contributed by atoms with Crippen LogP contribution in [-0.2, 0) is 4.79 Å². The number of anilines is 1. The Balaban J connectivity index is 2.02. The van der Waals surface area contributed by atoms with Gasteiger partial charge in [0.2, 0.25) is 5.91 Å².